The Morgan fingerprint density at radius 3 is 2.50 bits per heavy atom. The zero-order valence-electron chi connectivity index (χ0n) is 20.5. The second kappa shape index (κ2) is 9.85. The van der Waals surface area contributed by atoms with E-state index in [-0.39, 0.29) is 5.91 Å². The van der Waals surface area contributed by atoms with Crippen LogP contribution in [0.5, 0.6) is 0 Å². The highest BCUT2D eigenvalue weighted by Crippen LogP contribution is 2.34. The number of nitrogens with one attached hydrogen (secondary N) is 1. The van der Waals surface area contributed by atoms with Gasteiger partial charge in [-0.2, -0.15) is 0 Å². The van der Waals surface area contributed by atoms with Crippen molar-refractivity contribution in [2.24, 2.45) is 5.16 Å². The minimum absolute atomic E-state index is 0.0375. The normalized spacial score (nSPS) is 20.1. The smallest absolute Gasteiger partial charge is 0.289 e. The van der Waals surface area contributed by atoms with E-state index in [0.29, 0.717) is 11.9 Å². The molecule has 2 N–H and O–H groups in total. The molecule has 2 aromatic heterocycles. The Bertz CT molecular complexity index is 1270. The lowest BCUT2D eigenvalue weighted by Gasteiger charge is -2.40. The fourth-order valence-corrected chi connectivity index (χ4v) is 6.00. The number of amides is 1. The minimum Gasteiger partial charge on any atom is -0.411 e. The molecule has 2 aliphatic heterocycles. The molecule has 3 aliphatic rings. The Balaban J connectivity index is 1.27. The van der Waals surface area contributed by atoms with Crippen LogP contribution in [0, 0.1) is 0 Å². The van der Waals surface area contributed by atoms with Gasteiger partial charge in [0.05, 0.1) is 17.1 Å². The highest BCUT2D eigenvalue weighted by Gasteiger charge is 2.30. The number of benzene rings is 1. The summed E-state index contributed by atoms with van der Waals surface area (Å²) in [4.78, 5) is 30.5. The number of nitrogens with zero attached hydrogens (tertiary/aromatic N) is 5. The molecule has 0 spiro atoms. The van der Waals surface area contributed by atoms with Crippen molar-refractivity contribution in [2.45, 2.75) is 51.0 Å². The fourth-order valence-electron chi connectivity index (χ4n) is 6.00. The number of imidazole rings is 1. The molecule has 2 fully saturated rings. The highest BCUT2D eigenvalue weighted by molar-refractivity contribution is 6.04. The number of aromatic nitrogens is 3. The lowest BCUT2D eigenvalue weighted by atomic mass is 10.00. The topological polar surface area (TPSA) is 97.7 Å². The molecule has 36 heavy (non-hydrogen) atoms. The second-order valence-electron chi connectivity index (χ2n) is 10.1. The van der Waals surface area contributed by atoms with Crippen molar-refractivity contribution in [1.29, 1.82) is 0 Å². The van der Waals surface area contributed by atoms with Crippen LogP contribution in [0.15, 0.2) is 47.9 Å². The van der Waals surface area contributed by atoms with Gasteiger partial charge in [0.2, 0.25) is 0 Å². The lowest BCUT2D eigenvalue weighted by molar-refractivity contribution is 0.0580. The molecule has 6 rings (SSSR count). The molecule has 2 saturated heterocycles. The third-order valence-electron chi connectivity index (χ3n) is 7.98. The zero-order chi connectivity index (χ0) is 24.5. The fraction of sp³-hybridized carbons (Fsp3) is 0.429. The molecule has 0 radical (unpaired) electrons. The van der Waals surface area contributed by atoms with E-state index in [0.717, 1.165) is 78.1 Å². The molecule has 1 aromatic carbocycles. The number of fused-ring (bicyclic) bond motifs is 1. The molecular weight excluding hydrogens is 452 g/mol. The van der Waals surface area contributed by atoms with E-state index < -0.39 is 0 Å². The molecule has 8 heteroatoms. The summed E-state index contributed by atoms with van der Waals surface area (Å²) in [5.41, 5.74) is 6.29. The molecule has 186 valence electrons. The molecule has 0 atom stereocenters. The monoisotopic (exact) mass is 484 g/mol. The van der Waals surface area contributed by atoms with E-state index in [1.807, 2.05) is 29.2 Å². The van der Waals surface area contributed by atoms with E-state index in [9.17, 15) is 10.0 Å². The van der Waals surface area contributed by atoms with Gasteiger partial charge in [0, 0.05) is 48.2 Å². The lowest BCUT2D eigenvalue weighted by Crippen LogP contribution is -2.48. The van der Waals surface area contributed by atoms with Crippen molar-refractivity contribution < 1.29 is 10.0 Å². The van der Waals surface area contributed by atoms with Gasteiger partial charge in [-0.25, -0.2) is 4.98 Å². The molecule has 3 aromatic rings. The van der Waals surface area contributed by atoms with Crippen molar-refractivity contribution in [3.63, 3.8) is 0 Å². The van der Waals surface area contributed by atoms with Gasteiger partial charge in [-0.05, 0) is 75.4 Å². The summed E-state index contributed by atoms with van der Waals surface area (Å²) < 4.78 is 0. The number of carbonyl (C=O) groups is 1. The van der Waals surface area contributed by atoms with E-state index in [1.165, 1.54) is 32.4 Å². The van der Waals surface area contributed by atoms with Crippen molar-refractivity contribution in [2.75, 3.05) is 26.2 Å². The van der Waals surface area contributed by atoms with Gasteiger partial charge in [0.1, 0.15) is 0 Å². The van der Waals surface area contributed by atoms with E-state index >= 15 is 0 Å². The maximum absolute atomic E-state index is 13.5. The average Bonchev–Trinajstić information content (AvgIpc) is 3.58. The summed E-state index contributed by atoms with van der Waals surface area (Å²) in [6, 6.07) is 10.5. The van der Waals surface area contributed by atoms with Gasteiger partial charge in [0.15, 0.2) is 5.82 Å². The molecule has 0 saturated carbocycles. The third-order valence-corrected chi connectivity index (χ3v) is 7.98. The first-order chi connectivity index (χ1) is 17.7. The predicted octanol–water partition coefficient (Wildman–Crippen LogP) is 4.35. The number of hydrogen-bond acceptors (Lipinski definition) is 6. The maximum atomic E-state index is 13.5. The van der Waals surface area contributed by atoms with Crippen LogP contribution in [0.3, 0.4) is 0 Å². The van der Waals surface area contributed by atoms with Gasteiger partial charge < -0.3 is 20.0 Å². The Kier molecular flexibility index (Phi) is 6.27. The summed E-state index contributed by atoms with van der Waals surface area (Å²) in [6.07, 6.45) is 11.0. The van der Waals surface area contributed by atoms with Crippen molar-refractivity contribution in [3.8, 4) is 22.5 Å². The van der Waals surface area contributed by atoms with Gasteiger partial charge in [-0.1, -0.05) is 23.7 Å². The van der Waals surface area contributed by atoms with Crippen LogP contribution in [-0.4, -0.2) is 73.8 Å². The first-order valence-corrected chi connectivity index (χ1v) is 13.1. The first-order valence-electron chi connectivity index (χ1n) is 13.1. The maximum Gasteiger partial charge on any atom is 0.289 e. The largest absolute Gasteiger partial charge is 0.411 e. The highest BCUT2D eigenvalue weighted by atomic mass is 16.4. The van der Waals surface area contributed by atoms with Gasteiger partial charge >= 0.3 is 0 Å². The number of H-pyrrole nitrogens is 1. The number of aryl methyl sites for hydroxylation is 1. The SMILES string of the molecule is O=C(c1nc(-c2ccc3c(c2)CCC3=NO)c(-c2ccncc2)[nH]1)N1CCC(N2CCCCC2)CC1. The van der Waals surface area contributed by atoms with Crippen LogP contribution in [0.25, 0.3) is 22.5 Å². The van der Waals surface area contributed by atoms with Crippen LogP contribution >= 0.6 is 0 Å². The number of carbonyl (C=O) groups excluding carboxylic acids is 1. The third kappa shape index (κ3) is 4.30. The number of aromatic amines is 1. The molecule has 0 bridgehead atoms. The van der Waals surface area contributed by atoms with E-state index in [2.05, 4.69) is 26.1 Å². The molecule has 4 heterocycles. The number of hydrogen-bond donors (Lipinski definition) is 2. The molecule has 8 nitrogen and oxygen atoms in total. The quantitative estimate of drug-likeness (QED) is 0.424. The molecule has 1 amide bonds. The van der Waals surface area contributed by atoms with Crippen LogP contribution in [0.1, 0.15) is 60.3 Å². The summed E-state index contributed by atoms with van der Waals surface area (Å²) in [5.74, 6) is 0.343. The number of likely N-dealkylation sites (tertiary alicyclic amines) is 2. The Labute approximate surface area is 211 Å². The molecular formula is C28H32N6O2. The van der Waals surface area contributed by atoms with Crippen molar-refractivity contribution in [1.82, 2.24) is 24.8 Å². The number of rotatable bonds is 4. The summed E-state index contributed by atoms with van der Waals surface area (Å²) in [5, 5.41) is 12.7. The van der Waals surface area contributed by atoms with Crippen molar-refractivity contribution >= 4 is 11.6 Å². The van der Waals surface area contributed by atoms with Crippen LogP contribution < -0.4 is 0 Å². The predicted molar refractivity (Wildman–Crippen MR) is 138 cm³/mol. The van der Waals surface area contributed by atoms with Crippen molar-refractivity contribution in [3.05, 3.63) is 59.7 Å². The van der Waals surface area contributed by atoms with E-state index in [4.69, 9.17) is 4.98 Å². The van der Waals surface area contributed by atoms with Crippen LogP contribution in [0.4, 0.5) is 0 Å². The van der Waals surface area contributed by atoms with Gasteiger partial charge in [-0.3, -0.25) is 9.78 Å². The molecule has 1 aliphatic carbocycles. The second-order valence-corrected chi connectivity index (χ2v) is 10.1. The van der Waals surface area contributed by atoms with Gasteiger partial charge in [-0.15, -0.1) is 0 Å². The minimum atomic E-state index is -0.0375. The Morgan fingerprint density at radius 1 is 0.972 bits per heavy atom. The first kappa shape index (κ1) is 22.9. The average molecular weight is 485 g/mol. The number of piperidine rings is 2. The van der Waals surface area contributed by atoms with Crippen LogP contribution in [0.2, 0.25) is 0 Å². The van der Waals surface area contributed by atoms with E-state index in [1.54, 1.807) is 12.4 Å². The Hall–Kier alpha value is -3.52. The summed E-state index contributed by atoms with van der Waals surface area (Å²) in [7, 11) is 0. The zero-order valence-corrected chi connectivity index (χ0v) is 20.5. The summed E-state index contributed by atoms with van der Waals surface area (Å²) in [6.45, 7) is 3.93. The standard InChI is InChI=1S/C28H32N6O2/c35-28(34-16-10-22(11-17-34)33-14-2-1-3-15-33)27-30-25(19-8-12-29-13-9-19)26(31-27)21-4-6-23-20(18-21)5-7-24(23)32-36/h4,6,8-9,12-13,18,22,36H,1-3,5,7,10-11,14-17H2,(H,30,31). The van der Waals surface area contributed by atoms with Crippen LogP contribution in [-0.2, 0) is 6.42 Å². The van der Waals surface area contributed by atoms with Gasteiger partial charge in [0.25, 0.3) is 5.91 Å². The Morgan fingerprint density at radius 2 is 1.75 bits per heavy atom. The molecule has 0 unspecified atom stereocenters. The summed E-state index contributed by atoms with van der Waals surface area (Å²) >= 11 is 0. The number of pyridine rings is 1. The number of oxime groups is 1.